The van der Waals surface area contributed by atoms with Gasteiger partial charge in [0, 0.05) is 6.92 Å². The van der Waals surface area contributed by atoms with E-state index in [4.69, 9.17) is 28.4 Å². The molecule has 0 saturated carbocycles. The molecule has 0 radical (unpaired) electrons. The predicted octanol–water partition coefficient (Wildman–Crippen LogP) is 2.03. The number of aliphatic hydroxyl groups excluding tert-OH is 11. The molecule has 0 aliphatic carbocycles. The van der Waals surface area contributed by atoms with Gasteiger partial charge in [-0.2, -0.15) is 0 Å². The highest BCUT2D eigenvalue weighted by atomic mass is 16.8. The number of hydrogen-bond acceptors (Lipinski definition) is 18. The third-order valence-corrected chi connectivity index (χ3v) is 13.3. The molecular formula is C50H91NO18. The molecule has 19 heteroatoms. The highest BCUT2D eigenvalue weighted by molar-refractivity contribution is 5.73. The lowest BCUT2D eigenvalue weighted by Crippen LogP contribution is -2.66. The lowest BCUT2D eigenvalue weighted by Gasteiger charge is -2.48. The van der Waals surface area contributed by atoms with Crippen LogP contribution in [0.4, 0.5) is 0 Å². The number of amides is 1. The zero-order valence-electron chi connectivity index (χ0n) is 41.3. The molecule has 17 atom stereocenters. The van der Waals surface area contributed by atoms with Crippen LogP contribution >= 0.6 is 0 Å². The van der Waals surface area contributed by atoms with E-state index in [0.717, 1.165) is 19.3 Å². The second kappa shape index (κ2) is 35.4. The van der Waals surface area contributed by atoms with Crippen LogP contribution in [-0.4, -0.2) is 193 Å². The van der Waals surface area contributed by atoms with E-state index in [1.165, 1.54) is 129 Å². The summed E-state index contributed by atoms with van der Waals surface area (Å²) in [6.45, 7) is 0.723. The third kappa shape index (κ3) is 21.7. The average molecular weight is 994 g/mol. The Labute approximate surface area is 409 Å². The Morgan fingerprint density at radius 1 is 0.507 bits per heavy atom. The van der Waals surface area contributed by atoms with Crippen molar-refractivity contribution in [3.63, 3.8) is 0 Å². The highest BCUT2D eigenvalue weighted by Crippen LogP contribution is 2.33. The monoisotopic (exact) mass is 994 g/mol. The predicted molar refractivity (Wildman–Crippen MR) is 254 cm³/mol. The van der Waals surface area contributed by atoms with Gasteiger partial charge in [-0.25, -0.2) is 0 Å². The van der Waals surface area contributed by atoms with Crippen LogP contribution in [-0.2, 0) is 33.2 Å². The van der Waals surface area contributed by atoms with E-state index in [-0.39, 0.29) is 6.61 Å². The van der Waals surface area contributed by atoms with Crippen LogP contribution < -0.4 is 5.32 Å². The Hall–Kier alpha value is -1.73. The van der Waals surface area contributed by atoms with Crippen molar-refractivity contribution in [1.29, 1.82) is 0 Å². The van der Waals surface area contributed by atoms with E-state index < -0.39 is 130 Å². The number of carbonyl (C=O) groups is 1. The number of hydrogen-bond donors (Lipinski definition) is 12. The number of nitrogens with one attached hydrogen (secondary N) is 1. The third-order valence-electron chi connectivity index (χ3n) is 13.3. The lowest BCUT2D eigenvalue weighted by molar-refractivity contribution is -0.379. The van der Waals surface area contributed by atoms with Gasteiger partial charge in [0.25, 0.3) is 0 Å². The van der Waals surface area contributed by atoms with E-state index in [1.807, 2.05) is 0 Å². The summed E-state index contributed by atoms with van der Waals surface area (Å²) >= 11 is 0. The van der Waals surface area contributed by atoms with Gasteiger partial charge in [0.2, 0.25) is 5.91 Å². The highest BCUT2D eigenvalue weighted by Gasteiger charge is 2.53. The second-order valence-electron chi connectivity index (χ2n) is 19.1. The quantitative estimate of drug-likeness (QED) is 0.0316. The largest absolute Gasteiger partial charge is 0.394 e. The molecule has 1 amide bonds. The summed E-state index contributed by atoms with van der Waals surface area (Å²) in [5.74, 6) is -0.462. The van der Waals surface area contributed by atoms with Crippen molar-refractivity contribution in [2.45, 2.75) is 259 Å². The number of unbranched alkanes of at least 4 members (excludes halogenated alkanes) is 20. The van der Waals surface area contributed by atoms with Crippen molar-refractivity contribution in [3.8, 4) is 0 Å². The van der Waals surface area contributed by atoms with Crippen LogP contribution in [0.2, 0.25) is 0 Å². The lowest BCUT2D eigenvalue weighted by atomic mass is 9.96. The molecule has 3 aliphatic rings. The average Bonchev–Trinajstić information content (AvgIpc) is 3.34. The Morgan fingerprint density at radius 2 is 0.899 bits per heavy atom. The molecule has 17 unspecified atom stereocenters. The number of aliphatic hydroxyl groups is 11. The molecule has 3 fully saturated rings. The van der Waals surface area contributed by atoms with Crippen molar-refractivity contribution in [2.75, 3.05) is 26.4 Å². The Kier molecular flexibility index (Phi) is 31.6. The summed E-state index contributed by atoms with van der Waals surface area (Å²) in [4.78, 5) is 12.0. The summed E-state index contributed by atoms with van der Waals surface area (Å²) in [5, 5.41) is 118. The second-order valence-corrected chi connectivity index (χ2v) is 19.1. The number of allylic oxidation sites excluding steroid dienone is 3. The van der Waals surface area contributed by atoms with E-state index in [1.54, 1.807) is 6.08 Å². The molecule has 404 valence electrons. The van der Waals surface area contributed by atoms with Gasteiger partial charge < -0.3 is 89.9 Å². The van der Waals surface area contributed by atoms with Crippen molar-refractivity contribution < 1.29 is 89.4 Å². The first kappa shape index (κ1) is 61.6. The van der Waals surface area contributed by atoms with Gasteiger partial charge in [-0.15, -0.1) is 0 Å². The molecule has 0 bridgehead atoms. The summed E-state index contributed by atoms with van der Waals surface area (Å²) < 4.78 is 33.6. The van der Waals surface area contributed by atoms with Gasteiger partial charge in [-0.3, -0.25) is 4.79 Å². The maximum Gasteiger partial charge on any atom is 0.217 e. The van der Waals surface area contributed by atoms with Crippen molar-refractivity contribution in [1.82, 2.24) is 5.32 Å². The van der Waals surface area contributed by atoms with Crippen LogP contribution in [0.25, 0.3) is 0 Å². The van der Waals surface area contributed by atoms with Gasteiger partial charge in [0.05, 0.1) is 38.6 Å². The minimum absolute atomic E-state index is 0.382. The molecule has 3 aliphatic heterocycles. The maximum atomic E-state index is 12.0. The molecule has 3 heterocycles. The SMILES string of the molecule is CCCCCCCCCCCCCCCCCCCCC/C=C/CC/C=C/C(O)C(COC1OC(CO)C(OC2OC(CO)C(OC3OC(CO)C(O)C(O)C3O)C(O)C2O)C(O)C1O)NC(C)=O. The fourth-order valence-corrected chi connectivity index (χ4v) is 9.00. The molecular weight excluding hydrogens is 903 g/mol. The van der Waals surface area contributed by atoms with E-state index in [0.29, 0.717) is 6.42 Å². The molecule has 0 spiro atoms. The zero-order valence-corrected chi connectivity index (χ0v) is 41.3. The van der Waals surface area contributed by atoms with Gasteiger partial charge in [-0.05, 0) is 25.7 Å². The minimum Gasteiger partial charge on any atom is -0.394 e. The number of carbonyl (C=O) groups excluding carboxylic acids is 1. The van der Waals surface area contributed by atoms with Crippen LogP contribution in [0.1, 0.15) is 155 Å². The summed E-state index contributed by atoms with van der Waals surface area (Å²) in [6.07, 6.45) is 8.99. The first-order chi connectivity index (χ1) is 33.3. The van der Waals surface area contributed by atoms with Gasteiger partial charge >= 0.3 is 0 Å². The summed E-state index contributed by atoms with van der Waals surface area (Å²) in [7, 11) is 0. The number of ether oxygens (including phenoxy) is 6. The summed E-state index contributed by atoms with van der Waals surface area (Å²) in [6, 6.07) is -0.987. The van der Waals surface area contributed by atoms with Crippen molar-refractivity contribution in [2.24, 2.45) is 0 Å². The molecule has 3 rings (SSSR count). The van der Waals surface area contributed by atoms with Crippen LogP contribution in [0.3, 0.4) is 0 Å². The molecule has 12 N–H and O–H groups in total. The fourth-order valence-electron chi connectivity index (χ4n) is 9.00. The Morgan fingerprint density at radius 3 is 1.36 bits per heavy atom. The van der Waals surface area contributed by atoms with Gasteiger partial charge in [0.1, 0.15) is 73.2 Å². The molecule has 0 aromatic rings. The van der Waals surface area contributed by atoms with Gasteiger partial charge in [0.15, 0.2) is 18.9 Å². The van der Waals surface area contributed by atoms with E-state index >= 15 is 0 Å². The minimum atomic E-state index is -1.97. The maximum absolute atomic E-state index is 12.0. The molecule has 69 heavy (non-hydrogen) atoms. The molecule has 3 saturated heterocycles. The molecule has 19 nitrogen and oxygen atoms in total. The molecule has 0 aromatic heterocycles. The first-order valence-electron chi connectivity index (χ1n) is 26.0. The fraction of sp³-hybridized carbons (Fsp3) is 0.900. The smallest absolute Gasteiger partial charge is 0.217 e. The van der Waals surface area contributed by atoms with Crippen LogP contribution in [0.5, 0.6) is 0 Å². The number of rotatable bonds is 36. The Bertz CT molecular complexity index is 1380. The normalized spacial score (nSPS) is 33.0. The zero-order chi connectivity index (χ0) is 50.6. The molecule has 0 aromatic carbocycles. The summed E-state index contributed by atoms with van der Waals surface area (Å²) in [5.41, 5.74) is 0. The van der Waals surface area contributed by atoms with E-state index in [9.17, 15) is 61.0 Å². The van der Waals surface area contributed by atoms with Crippen molar-refractivity contribution in [3.05, 3.63) is 24.3 Å². The first-order valence-corrected chi connectivity index (χ1v) is 26.0. The van der Waals surface area contributed by atoms with E-state index in [2.05, 4.69) is 24.4 Å². The Balaban J connectivity index is 1.33. The topological polar surface area (TPSA) is 307 Å². The van der Waals surface area contributed by atoms with Gasteiger partial charge in [-0.1, -0.05) is 147 Å². The standard InChI is InChI=1S/C50H91NO18/c1-3-4-5-6-7-8-9-10-11-12-13-14-15-16-17-18-19-20-21-22-23-24-25-26-27-28-35(56)34(51-33(2)55)32-64-48-44(62)41(59)46(37(30-53)66-48)69-50-45(63)42(60)47(38(31-54)67-50)68-49-43(61)40(58)39(57)36(29-52)65-49/h23-24,27-28,34-50,52-54,56-63H,3-22,25-26,29-32H2,1-2H3,(H,51,55)/b24-23+,28-27+. The van der Waals surface area contributed by atoms with Crippen LogP contribution in [0, 0.1) is 0 Å². The van der Waals surface area contributed by atoms with Crippen LogP contribution in [0.15, 0.2) is 24.3 Å². The van der Waals surface area contributed by atoms with Crippen molar-refractivity contribution >= 4 is 5.91 Å².